The van der Waals surface area contributed by atoms with E-state index in [1.807, 2.05) is 0 Å². The molecule has 0 unspecified atom stereocenters. The van der Waals surface area contributed by atoms with Crippen LogP contribution in [0.15, 0.2) is 54.6 Å². The van der Waals surface area contributed by atoms with Gasteiger partial charge in [0.1, 0.15) is 0 Å². The number of nitrogens with zero attached hydrogens (tertiary/aromatic N) is 1. The van der Waals surface area contributed by atoms with E-state index in [0.717, 1.165) is 11.2 Å². The van der Waals surface area contributed by atoms with Gasteiger partial charge >= 0.3 is 0 Å². The first-order chi connectivity index (χ1) is 9.93. The van der Waals surface area contributed by atoms with E-state index in [1.54, 1.807) is 0 Å². The van der Waals surface area contributed by atoms with Crippen LogP contribution >= 0.6 is 0 Å². The van der Waals surface area contributed by atoms with E-state index < -0.39 is 8.07 Å². The Bertz CT molecular complexity index is 800. The maximum absolute atomic E-state index is 4.83. The molecule has 3 aromatic rings. The fourth-order valence-electron chi connectivity index (χ4n) is 2.56. The van der Waals surface area contributed by atoms with Crippen molar-refractivity contribution in [2.75, 3.05) is 0 Å². The molecule has 0 radical (unpaired) electrons. The van der Waals surface area contributed by atoms with Gasteiger partial charge in [-0.3, -0.25) is 0 Å². The Morgan fingerprint density at radius 1 is 0.857 bits per heavy atom. The van der Waals surface area contributed by atoms with Crippen LogP contribution in [0.4, 0.5) is 0 Å². The molecule has 21 heavy (non-hydrogen) atoms. The van der Waals surface area contributed by atoms with Crippen LogP contribution in [0.3, 0.4) is 0 Å². The van der Waals surface area contributed by atoms with Crippen LogP contribution in [0.25, 0.3) is 22.2 Å². The van der Waals surface area contributed by atoms with Crippen molar-refractivity contribution in [3.05, 3.63) is 60.2 Å². The summed E-state index contributed by atoms with van der Waals surface area (Å²) in [5, 5.41) is 2.73. The molecule has 2 aromatic carbocycles. The molecule has 0 saturated carbocycles. The number of rotatable bonds is 2. The summed E-state index contributed by atoms with van der Waals surface area (Å²) in [5.41, 5.74) is 4.58. The highest BCUT2D eigenvalue weighted by molar-refractivity contribution is 6.88. The van der Waals surface area contributed by atoms with Crippen molar-refractivity contribution < 1.29 is 0 Å². The lowest BCUT2D eigenvalue weighted by molar-refractivity contribution is 1.38. The smallest absolute Gasteiger partial charge is 0.0776 e. The van der Waals surface area contributed by atoms with Crippen molar-refractivity contribution in [1.82, 2.24) is 4.98 Å². The van der Waals surface area contributed by atoms with Gasteiger partial charge in [0.2, 0.25) is 0 Å². The van der Waals surface area contributed by atoms with Crippen molar-refractivity contribution in [3.63, 3.8) is 0 Å². The molecule has 1 aromatic heterocycles. The molecule has 106 valence electrons. The van der Waals surface area contributed by atoms with Crippen LogP contribution in [-0.4, -0.2) is 13.1 Å². The Kier molecular flexibility index (Phi) is 3.42. The number of fused-ring (bicyclic) bond motifs is 1. The standard InChI is InChI=1S/C19H21NSi/c1-14-6-5-7-15(12-14)18-10-8-16-13-17(21(2,3)4)9-11-19(16)20-18/h5-13H,1-4H3. The van der Waals surface area contributed by atoms with Crippen LogP contribution in [-0.2, 0) is 0 Å². The van der Waals surface area contributed by atoms with Gasteiger partial charge < -0.3 is 0 Å². The highest BCUT2D eigenvalue weighted by Gasteiger charge is 2.16. The molecular formula is C19H21NSi. The first-order valence-corrected chi connectivity index (χ1v) is 10.9. The third-order valence-electron chi connectivity index (χ3n) is 3.87. The summed E-state index contributed by atoms with van der Waals surface area (Å²) >= 11 is 0. The fourth-order valence-corrected chi connectivity index (χ4v) is 3.73. The molecular weight excluding hydrogens is 270 g/mol. The van der Waals surface area contributed by atoms with Gasteiger partial charge in [0, 0.05) is 10.9 Å². The zero-order valence-electron chi connectivity index (χ0n) is 13.1. The van der Waals surface area contributed by atoms with Gasteiger partial charge in [0.15, 0.2) is 0 Å². The summed E-state index contributed by atoms with van der Waals surface area (Å²) in [6.07, 6.45) is 0. The van der Waals surface area contributed by atoms with Gasteiger partial charge in [0.05, 0.1) is 19.3 Å². The summed E-state index contributed by atoms with van der Waals surface area (Å²) < 4.78 is 0. The first kappa shape index (κ1) is 14.0. The van der Waals surface area contributed by atoms with Gasteiger partial charge in [-0.05, 0) is 25.1 Å². The fraction of sp³-hybridized carbons (Fsp3) is 0.211. The number of hydrogen-bond acceptors (Lipinski definition) is 1. The number of benzene rings is 2. The predicted octanol–water partition coefficient (Wildman–Crippen LogP) is 4.76. The molecule has 0 atom stereocenters. The molecule has 3 rings (SSSR count). The second-order valence-electron chi connectivity index (χ2n) is 6.72. The lowest BCUT2D eigenvalue weighted by Gasteiger charge is -2.17. The van der Waals surface area contributed by atoms with E-state index in [2.05, 4.69) is 81.2 Å². The minimum Gasteiger partial charge on any atom is -0.248 e. The summed E-state index contributed by atoms with van der Waals surface area (Å²) in [5.74, 6) is 0. The van der Waals surface area contributed by atoms with Gasteiger partial charge in [-0.15, -0.1) is 0 Å². The largest absolute Gasteiger partial charge is 0.248 e. The van der Waals surface area contributed by atoms with Crippen molar-refractivity contribution in [2.24, 2.45) is 0 Å². The predicted molar refractivity (Wildman–Crippen MR) is 94.9 cm³/mol. The Morgan fingerprint density at radius 2 is 1.67 bits per heavy atom. The molecule has 0 aliphatic heterocycles. The monoisotopic (exact) mass is 291 g/mol. The Balaban J connectivity index is 2.09. The molecule has 0 saturated heterocycles. The van der Waals surface area contributed by atoms with Crippen molar-refractivity contribution in [1.29, 1.82) is 0 Å². The van der Waals surface area contributed by atoms with E-state index in [-0.39, 0.29) is 0 Å². The molecule has 0 spiro atoms. The highest BCUT2D eigenvalue weighted by Crippen LogP contribution is 2.21. The zero-order chi connectivity index (χ0) is 15.0. The van der Waals surface area contributed by atoms with E-state index in [4.69, 9.17) is 4.98 Å². The number of aromatic nitrogens is 1. The van der Waals surface area contributed by atoms with Crippen LogP contribution in [0.5, 0.6) is 0 Å². The second-order valence-corrected chi connectivity index (χ2v) is 11.8. The summed E-state index contributed by atoms with van der Waals surface area (Å²) in [7, 11) is -1.26. The third kappa shape index (κ3) is 2.91. The van der Waals surface area contributed by atoms with Gasteiger partial charge in [-0.25, -0.2) is 4.98 Å². The third-order valence-corrected chi connectivity index (χ3v) is 5.91. The Labute approximate surface area is 127 Å². The summed E-state index contributed by atoms with van der Waals surface area (Å²) in [6, 6.07) is 19.6. The molecule has 0 N–H and O–H groups in total. The number of pyridine rings is 1. The van der Waals surface area contributed by atoms with Crippen LogP contribution < -0.4 is 5.19 Å². The maximum atomic E-state index is 4.83. The normalized spacial score (nSPS) is 11.8. The molecule has 1 nitrogen and oxygen atoms in total. The Morgan fingerprint density at radius 3 is 2.38 bits per heavy atom. The van der Waals surface area contributed by atoms with Gasteiger partial charge in [-0.2, -0.15) is 0 Å². The molecule has 1 heterocycles. The molecule has 2 heteroatoms. The van der Waals surface area contributed by atoms with E-state index in [0.29, 0.717) is 0 Å². The zero-order valence-corrected chi connectivity index (χ0v) is 14.1. The lowest BCUT2D eigenvalue weighted by Crippen LogP contribution is -2.37. The molecule has 0 aliphatic carbocycles. The van der Waals surface area contributed by atoms with E-state index in [9.17, 15) is 0 Å². The Hall–Kier alpha value is -1.93. The van der Waals surface area contributed by atoms with Crippen LogP contribution in [0.2, 0.25) is 19.6 Å². The van der Waals surface area contributed by atoms with Crippen molar-refractivity contribution in [3.8, 4) is 11.3 Å². The van der Waals surface area contributed by atoms with Crippen LogP contribution in [0.1, 0.15) is 5.56 Å². The average molecular weight is 291 g/mol. The number of hydrogen-bond donors (Lipinski definition) is 0. The van der Waals surface area contributed by atoms with Crippen molar-refractivity contribution >= 4 is 24.2 Å². The lowest BCUT2D eigenvalue weighted by atomic mass is 10.1. The van der Waals surface area contributed by atoms with Crippen LogP contribution in [0, 0.1) is 6.92 Å². The highest BCUT2D eigenvalue weighted by atomic mass is 28.3. The SMILES string of the molecule is Cc1cccc(-c2ccc3cc([Si](C)(C)C)ccc3n2)c1. The second kappa shape index (κ2) is 5.12. The molecule has 0 bridgehead atoms. The molecule has 0 amide bonds. The average Bonchev–Trinajstić information content (AvgIpc) is 2.45. The summed E-state index contributed by atoms with van der Waals surface area (Å²) in [4.78, 5) is 4.83. The quantitative estimate of drug-likeness (QED) is 0.621. The first-order valence-electron chi connectivity index (χ1n) is 7.42. The van der Waals surface area contributed by atoms with Gasteiger partial charge in [0.25, 0.3) is 0 Å². The molecule has 0 fully saturated rings. The minimum atomic E-state index is -1.26. The van der Waals surface area contributed by atoms with Gasteiger partial charge in [-0.1, -0.05) is 66.8 Å². The molecule has 0 aliphatic rings. The summed E-state index contributed by atoms with van der Waals surface area (Å²) in [6.45, 7) is 9.25. The topological polar surface area (TPSA) is 12.9 Å². The number of aryl methyl sites for hydroxylation is 1. The van der Waals surface area contributed by atoms with E-state index in [1.165, 1.54) is 21.7 Å². The minimum absolute atomic E-state index is 1.05. The maximum Gasteiger partial charge on any atom is 0.0776 e. The van der Waals surface area contributed by atoms with Crippen molar-refractivity contribution in [2.45, 2.75) is 26.6 Å². The van der Waals surface area contributed by atoms with E-state index >= 15 is 0 Å².